The van der Waals surface area contributed by atoms with Gasteiger partial charge in [0, 0.05) is 17.4 Å². The fourth-order valence-electron chi connectivity index (χ4n) is 1.98. The number of amides is 1. The Labute approximate surface area is 124 Å². The zero-order valence-corrected chi connectivity index (χ0v) is 12.1. The lowest BCUT2D eigenvalue weighted by atomic mass is 10.1. The van der Waals surface area contributed by atoms with E-state index in [1.54, 1.807) is 30.3 Å². The third-order valence-corrected chi connectivity index (χ3v) is 2.87. The molecule has 2 aromatic carbocycles. The number of nitrogens with zero attached hydrogens (tertiary/aromatic N) is 1. The third-order valence-electron chi connectivity index (χ3n) is 2.87. The molecule has 0 aliphatic carbocycles. The Morgan fingerprint density at radius 3 is 2.62 bits per heavy atom. The van der Waals surface area contributed by atoms with Gasteiger partial charge in [-0.2, -0.15) is 5.26 Å². The molecule has 0 radical (unpaired) electrons. The van der Waals surface area contributed by atoms with E-state index in [1.807, 2.05) is 32.0 Å². The Balaban J connectivity index is 2.22. The molecule has 1 amide bonds. The van der Waals surface area contributed by atoms with E-state index in [4.69, 9.17) is 5.26 Å². The van der Waals surface area contributed by atoms with Crippen molar-refractivity contribution in [2.45, 2.75) is 19.9 Å². The second-order valence-electron chi connectivity index (χ2n) is 4.99. The fraction of sp³-hybridized carbons (Fsp3) is 0.176. The maximum atomic E-state index is 12.4. The minimum Gasteiger partial charge on any atom is -0.382 e. The molecule has 0 bridgehead atoms. The quantitative estimate of drug-likeness (QED) is 0.898. The van der Waals surface area contributed by atoms with Gasteiger partial charge < -0.3 is 10.6 Å². The Morgan fingerprint density at radius 1 is 1.14 bits per heavy atom. The zero-order chi connectivity index (χ0) is 15.2. The molecule has 0 aliphatic heterocycles. The van der Waals surface area contributed by atoms with Crippen LogP contribution in [-0.4, -0.2) is 11.9 Å². The summed E-state index contributed by atoms with van der Waals surface area (Å²) in [4.78, 5) is 12.4. The van der Waals surface area contributed by atoms with Crippen molar-refractivity contribution in [1.82, 2.24) is 0 Å². The van der Waals surface area contributed by atoms with Crippen LogP contribution in [0.3, 0.4) is 0 Å². The molecule has 0 atom stereocenters. The van der Waals surface area contributed by atoms with Crippen molar-refractivity contribution in [2.24, 2.45) is 0 Å². The van der Waals surface area contributed by atoms with Crippen LogP contribution in [0, 0.1) is 11.3 Å². The van der Waals surface area contributed by atoms with Gasteiger partial charge in [-0.05, 0) is 44.2 Å². The fourth-order valence-corrected chi connectivity index (χ4v) is 1.98. The topological polar surface area (TPSA) is 64.9 Å². The number of nitrogens with one attached hydrogen (secondary N) is 2. The molecule has 2 rings (SSSR count). The van der Waals surface area contributed by atoms with E-state index in [-0.39, 0.29) is 11.9 Å². The molecule has 106 valence electrons. The second kappa shape index (κ2) is 6.58. The number of para-hydroxylation sites is 1. The van der Waals surface area contributed by atoms with E-state index in [1.165, 1.54) is 0 Å². The Morgan fingerprint density at radius 2 is 1.90 bits per heavy atom. The molecule has 0 aromatic heterocycles. The number of hydrogen-bond acceptors (Lipinski definition) is 3. The van der Waals surface area contributed by atoms with Gasteiger partial charge in [-0.15, -0.1) is 0 Å². The molecule has 0 saturated heterocycles. The van der Waals surface area contributed by atoms with Crippen molar-refractivity contribution in [2.75, 3.05) is 10.6 Å². The molecule has 2 N–H and O–H groups in total. The zero-order valence-electron chi connectivity index (χ0n) is 12.1. The monoisotopic (exact) mass is 279 g/mol. The molecule has 0 spiro atoms. The van der Waals surface area contributed by atoms with Gasteiger partial charge in [0.2, 0.25) is 0 Å². The van der Waals surface area contributed by atoms with Gasteiger partial charge in [0.25, 0.3) is 5.91 Å². The standard InChI is InChI=1S/C17H17N3O/c1-12(2)19-16-9-4-3-8-15(16)17(21)20-14-7-5-6-13(10-14)11-18/h3-10,12,19H,1-2H3,(H,20,21). The van der Waals surface area contributed by atoms with Crippen LogP contribution in [0.2, 0.25) is 0 Å². The lowest BCUT2D eigenvalue weighted by Crippen LogP contribution is -2.17. The molecule has 4 nitrogen and oxygen atoms in total. The van der Waals surface area contributed by atoms with Gasteiger partial charge in [0.05, 0.1) is 17.2 Å². The second-order valence-corrected chi connectivity index (χ2v) is 4.99. The van der Waals surface area contributed by atoms with Crippen molar-refractivity contribution < 1.29 is 4.79 Å². The number of anilines is 2. The van der Waals surface area contributed by atoms with Crippen molar-refractivity contribution in [1.29, 1.82) is 5.26 Å². The SMILES string of the molecule is CC(C)Nc1ccccc1C(=O)Nc1cccc(C#N)c1. The summed E-state index contributed by atoms with van der Waals surface area (Å²) in [6.07, 6.45) is 0. The molecule has 0 aliphatic rings. The van der Waals surface area contributed by atoms with E-state index in [2.05, 4.69) is 16.7 Å². The smallest absolute Gasteiger partial charge is 0.257 e. The van der Waals surface area contributed by atoms with Gasteiger partial charge in [-0.3, -0.25) is 4.79 Å². The first-order chi connectivity index (χ1) is 10.1. The summed E-state index contributed by atoms with van der Waals surface area (Å²) in [5.74, 6) is -0.200. The number of nitriles is 1. The van der Waals surface area contributed by atoms with Gasteiger partial charge in [0.15, 0.2) is 0 Å². The molecule has 21 heavy (non-hydrogen) atoms. The van der Waals surface area contributed by atoms with Crippen LogP contribution < -0.4 is 10.6 Å². The maximum absolute atomic E-state index is 12.4. The molecular formula is C17H17N3O. The van der Waals surface area contributed by atoms with Crippen molar-refractivity contribution in [3.05, 3.63) is 59.7 Å². The van der Waals surface area contributed by atoms with Crippen LogP contribution in [0.5, 0.6) is 0 Å². The van der Waals surface area contributed by atoms with Crippen LogP contribution in [-0.2, 0) is 0 Å². The van der Waals surface area contributed by atoms with Crippen LogP contribution in [0.25, 0.3) is 0 Å². The summed E-state index contributed by atoms with van der Waals surface area (Å²) in [7, 11) is 0. The van der Waals surface area contributed by atoms with Gasteiger partial charge in [-0.1, -0.05) is 18.2 Å². The van der Waals surface area contributed by atoms with Gasteiger partial charge in [-0.25, -0.2) is 0 Å². The molecule has 4 heteroatoms. The van der Waals surface area contributed by atoms with Crippen molar-refractivity contribution in [3.8, 4) is 6.07 Å². The Bertz CT molecular complexity index is 686. The summed E-state index contributed by atoms with van der Waals surface area (Å²) in [6.45, 7) is 4.04. The highest BCUT2D eigenvalue weighted by molar-refractivity contribution is 6.08. The summed E-state index contributed by atoms with van der Waals surface area (Å²) >= 11 is 0. The van der Waals surface area contributed by atoms with Crippen LogP contribution in [0.15, 0.2) is 48.5 Å². The summed E-state index contributed by atoms with van der Waals surface area (Å²) < 4.78 is 0. The highest BCUT2D eigenvalue weighted by Gasteiger charge is 2.11. The van der Waals surface area contributed by atoms with E-state index in [0.29, 0.717) is 16.8 Å². The molecule has 2 aromatic rings. The average molecular weight is 279 g/mol. The normalized spacial score (nSPS) is 10.0. The lowest BCUT2D eigenvalue weighted by molar-refractivity contribution is 0.102. The number of carbonyl (C=O) groups is 1. The van der Waals surface area contributed by atoms with Crippen molar-refractivity contribution >= 4 is 17.3 Å². The summed E-state index contributed by atoms with van der Waals surface area (Å²) in [5, 5.41) is 14.9. The number of benzene rings is 2. The first-order valence-electron chi connectivity index (χ1n) is 6.77. The van der Waals surface area contributed by atoms with Gasteiger partial charge in [0.1, 0.15) is 0 Å². The van der Waals surface area contributed by atoms with Crippen LogP contribution in [0.4, 0.5) is 11.4 Å². The van der Waals surface area contributed by atoms with Crippen LogP contribution in [0.1, 0.15) is 29.8 Å². The predicted octanol–water partition coefficient (Wildman–Crippen LogP) is 3.63. The number of hydrogen-bond donors (Lipinski definition) is 2. The lowest BCUT2D eigenvalue weighted by Gasteiger charge is -2.14. The van der Waals surface area contributed by atoms with E-state index >= 15 is 0 Å². The Kier molecular flexibility index (Phi) is 4.57. The van der Waals surface area contributed by atoms with Crippen molar-refractivity contribution in [3.63, 3.8) is 0 Å². The first kappa shape index (κ1) is 14.6. The maximum Gasteiger partial charge on any atom is 0.257 e. The minimum atomic E-state index is -0.200. The molecule has 0 fully saturated rings. The third kappa shape index (κ3) is 3.83. The molecular weight excluding hydrogens is 262 g/mol. The largest absolute Gasteiger partial charge is 0.382 e. The average Bonchev–Trinajstić information content (AvgIpc) is 2.47. The van der Waals surface area contributed by atoms with Gasteiger partial charge >= 0.3 is 0 Å². The highest BCUT2D eigenvalue weighted by Crippen LogP contribution is 2.18. The minimum absolute atomic E-state index is 0.200. The van der Waals surface area contributed by atoms with E-state index in [0.717, 1.165) is 5.69 Å². The summed E-state index contributed by atoms with van der Waals surface area (Å²) in [5.41, 5.74) is 2.50. The summed E-state index contributed by atoms with van der Waals surface area (Å²) in [6, 6.07) is 16.5. The number of rotatable bonds is 4. The van der Waals surface area contributed by atoms with E-state index in [9.17, 15) is 4.79 Å². The first-order valence-corrected chi connectivity index (χ1v) is 6.77. The molecule has 0 saturated carbocycles. The Hall–Kier alpha value is -2.80. The molecule has 0 unspecified atom stereocenters. The predicted molar refractivity (Wildman–Crippen MR) is 84.3 cm³/mol. The molecule has 0 heterocycles. The van der Waals surface area contributed by atoms with Crippen LogP contribution >= 0.6 is 0 Å². The van der Waals surface area contributed by atoms with E-state index < -0.39 is 0 Å². The number of carbonyl (C=O) groups excluding carboxylic acids is 1. The highest BCUT2D eigenvalue weighted by atomic mass is 16.1.